The van der Waals surface area contributed by atoms with Gasteiger partial charge in [-0.15, -0.1) is 0 Å². The predicted octanol–water partition coefficient (Wildman–Crippen LogP) is 4.42. The first kappa shape index (κ1) is 19.7. The minimum atomic E-state index is -0.136. The molecule has 29 heavy (non-hydrogen) atoms. The molecule has 0 N–H and O–H groups in total. The number of benzene rings is 2. The molecule has 0 bridgehead atoms. The Hall–Kier alpha value is -2.63. The first-order valence-electron chi connectivity index (χ1n) is 9.76. The molecule has 1 aliphatic heterocycles. The number of aryl methyl sites for hydroxylation is 2. The molecule has 150 valence electrons. The molecular formula is C23H24ClN3O2. The van der Waals surface area contributed by atoms with Crippen LogP contribution in [-0.2, 0) is 11.3 Å². The van der Waals surface area contributed by atoms with E-state index in [1.54, 1.807) is 0 Å². The Balaban J connectivity index is 1.48. The number of rotatable bonds is 4. The second kappa shape index (κ2) is 8.39. The van der Waals surface area contributed by atoms with E-state index in [0.29, 0.717) is 36.8 Å². The lowest BCUT2D eigenvalue weighted by Crippen LogP contribution is -2.42. The van der Waals surface area contributed by atoms with Crippen LogP contribution >= 0.6 is 11.6 Å². The van der Waals surface area contributed by atoms with Gasteiger partial charge >= 0.3 is 0 Å². The summed E-state index contributed by atoms with van der Waals surface area (Å²) in [5.74, 6) is 0.0301. The molecule has 1 atom stereocenters. The minimum Gasteiger partial charge on any atom is -0.370 e. The van der Waals surface area contributed by atoms with E-state index in [9.17, 15) is 4.79 Å². The number of carbonyl (C=O) groups excluding carboxylic acids is 1. The van der Waals surface area contributed by atoms with Gasteiger partial charge in [-0.25, -0.2) is 0 Å². The van der Waals surface area contributed by atoms with Crippen molar-refractivity contribution in [1.82, 2.24) is 14.7 Å². The van der Waals surface area contributed by atoms with Crippen molar-refractivity contribution in [3.8, 4) is 0 Å². The summed E-state index contributed by atoms with van der Waals surface area (Å²) in [4.78, 5) is 15.0. The number of amides is 1. The molecule has 1 unspecified atom stereocenters. The number of halogens is 1. The molecular weight excluding hydrogens is 386 g/mol. The van der Waals surface area contributed by atoms with E-state index < -0.39 is 0 Å². The maximum absolute atomic E-state index is 13.1. The third-order valence-corrected chi connectivity index (χ3v) is 5.46. The van der Waals surface area contributed by atoms with Gasteiger partial charge in [-0.3, -0.25) is 9.48 Å². The number of nitrogens with zero attached hydrogens (tertiary/aromatic N) is 3. The fraction of sp³-hybridized carbons (Fsp3) is 0.304. The van der Waals surface area contributed by atoms with E-state index in [1.807, 2.05) is 72.0 Å². The van der Waals surface area contributed by atoms with E-state index in [2.05, 4.69) is 11.2 Å². The van der Waals surface area contributed by atoms with E-state index in [0.717, 1.165) is 22.5 Å². The summed E-state index contributed by atoms with van der Waals surface area (Å²) in [7, 11) is 0. The lowest BCUT2D eigenvalue weighted by atomic mass is 10.1. The molecule has 0 spiro atoms. The van der Waals surface area contributed by atoms with Crippen LogP contribution < -0.4 is 0 Å². The third kappa shape index (κ3) is 4.52. The Morgan fingerprint density at radius 1 is 1.17 bits per heavy atom. The van der Waals surface area contributed by atoms with Crippen LogP contribution in [0.3, 0.4) is 0 Å². The number of hydrogen-bond donors (Lipinski definition) is 0. The van der Waals surface area contributed by atoms with Gasteiger partial charge in [0.15, 0.2) is 0 Å². The highest BCUT2D eigenvalue weighted by Crippen LogP contribution is 2.25. The lowest BCUT2D eigenvalue weighted by Gasteiger charge is -2.33. The molecule has 3 aromatic rings. The van der Waals surface area contributed by atoms with Crippen LogP contribution in [-0.4, -0.2) is 40.3 Å². The van der Waals surface area contributed by atoms with Gasteiger partial charge < -0.3 is 9.64 Å². The van der Waals surface area contributed by atoms with Crippen molar-refractivity contribution in [2.45, 2.75) is 26.5 Å². The quantitative estimate of drug-likeness (QED) is 0.641. The van der Waals surface area contributed by atoms with Gasteiger partial charge in [-0.2, -0.15) is 5.10 Å². The van der Waals surface area contributed by atoms with Crippen LogP contribution in [0.15, 0.2) is 54.6 Å². The number of aromatic nitrogens is 2. The van der Waals surface area contributed by atoms with Crippen molar-refractivity contribution in [2.24, 2.45) is 0 Å². The van der Waals surface area contributed by atoms with Crippen molar-refractivity contribution in [2.75, 3.05) is 19.7 Å². The van der Waals surface area contributed by atoms with Crippen LogP contribution in [0.5, 0.6) is 0 Å². The molecule has 1 fully saturated rings. The summed E-state index contributed by atoms with van der Waals surface area (Å²) in [6.45, 7) is 6.31. The second-order valence-electron chi connectivity index (χ2n) is 7.45. The molecule has 6 heteroatoms. The van der Waals surface area contributed by atoms with E-state index in [1.165, 1.54) is 0 Å². The van der Waals surface area contributed by atoms with Crippen LogP contribution in [0, 0.1) is 13.8 Å². The summed E-state index contributed by atoms with van der Waals surface area (Å²) in [6.07, 6.45) is -0.136. The molecule has 5 nitrogen and oxygen atoms in total. The number of hydrogen-bond acceptors (Lipinski definition) is 3. The van der Waals surface area contributed by atoms with Gasteiger partial charge in [0.1, 0.15) is 6.10 Å². The Morgan fingerprint density at radius 2 is 1.97 bits per heavy atom. The predicted molar refractivity (Wildman–Crippen MR) is 113 cm³/mol. The second-order valence-corrected chi connectivity index (χ2v) is 7.88. The zero-order valence-electron chi connectivity index (χ0n) is 16.6. The smallest absolute Gasteiger partial charge is 0.254 e. The van der Waals surface area contributed by atoms with Gasteiger partial charge in [-0.1, -0.05) is 35.9 Å². The minimum absolute atomic E-state index is 0.0301. The molecule has 1 amide bonds. The van der Waals surface area contributed by atoms with Gasteiger partial charge in [0.05, 0.1) is 25.4 Å². The van der Waals surface area contributed by atoms with E-state index in [4.69, 9.17) is 16.3 Å². The molecule has 4 rings (SSSR count). The highest BCUT2D eigenvalue weighted by molar-refractivity contribution is 6.30. The summed E-state index contributed by atoms with van der Waals surface area (Å²) >= 11 is 5.98. The number of carbonyl (C=O) groups is 1. The molecule has 1 aromatic heterocycles. The van der Waals surface area contributed by atoms with E-state index >= 15 is 0 Å². The van der Waals surface area contributed by atoms with Crippen LogP contribution in [0.4, 0.5) is 0 Å². The first-order chi connectivity index (χ1) is 14.0. The first-order valence-corrected chi connectivity index (χ1v) is 10.1. The molecule has 2 aromatic carbocycles. The molecule has 0 aliphatic carbocycles. The average Bonchev–Trinajstić information content (AvgIpc) is 3.05. The standard InChI is InChI=1S/C23H24ClN3O2/c1-16-12-17(2)27(25-16)14-18-4-3-5-20(13-18)23(28)26-10-11-29-22(15-26)19-6-8-21(24)9-7-19/h3-9,12-13,22H,10-11,14-15H2,1-2H3. The lowest BCUT2D eigenvalue weighted by molar-refractivity contribution is -0.0228. The Kier molecular flexibility index (Phi) is 5.69. The van der Waals surface area contributed by atoms with Crippen molar-refractivity contribution in [3.05, 3.63) is 87.7 Å². The highest BCUT2D eigenvalue weighted by atomic mass is 35.5. The monoisotopic (exact) mass is 409 g/mol. The molecule has 1 saturated heterocycles. The van der Waals surface area contributed by atoms with Gasteiger partial charge in [-0.05, 0) is 55.3 Å². The third-order valence-electron chi connectivity index (χ3n) is 5.21. The molecule has 0 radical (unpaired) electrons. The van der Waals surface area contributed by atoms with Gasteiger partial charge in [0.25, 0.3) is 5.91 Å². The largest absolute Gasteiger partial charge is 0.370 e. The van der Waals surface area contributed by atoms with Gasteiger partial charge in [0, 0.05) is 22.8 Å². The molecule has 1 aliphatic rings. The van der Waals surface area contributed by atoms with Gasteiger partial charge in [0.2, 0.25) is 0 Å². The Morgan fingerprint density at radius 3 is 2.69 bits per heavy atom. The van der Waals surface area contributed by atoms with Crippen LogP contribution in [0.25, 0.3) is 0 Å². The Labute approximate surface area is 175 Å². The highest BCUT2D eigenvalue weighted by Gasteiger charge is 2.26. The maximum atomic E-state index is 13.1. The van der Waals surface area contributed by atoms with Crippen molar-refractivity contribution < 1.29 is 9.53 Å². The zero-order valence-corrected chi connectivity index (χ0v) is 17.4. The maximum Gasteiger partial charge on any atom is 0.254 e. The molecule has 2 heterocycles. The summed E-state index contributed by atoms with van der Waals surface area (Å²) in [5.41, 5.74) is 4.89. The normalized spacial score (nSPS) is 16.8. The van der Waals surface area contributed by atoms with E-state index in [-0.39, 0.29) is 12.0 Å². The van der Waals surface area contributed by atoms with Crippen molar-refractivity contribution in [1.29, 1.82) is 0 Å². The number of ether oxygens (including phenoxy) is 1. The van der Waals surface area contributed by atoms with Crippen molar-refractivity contribution >= 4 is 17.5 Å². The average molecular weight is 410 g/mol. The SMILES string of the molecule is Cc1cc(C)n(Cc2cccc(C(=O)N3CCOC(c4ccc(Cl)cc4)C3)c2)n1. The Bertz CT molecular complexity index is 1010. The van der Waals surface area contributed by atoms with Crippen LogP contribution in [0.2, 0.25) is 5.02 Å². The summed E-state index contributed by atoms with van der Waals surface area (Å²) in [6, 6.07) is 17.5. The number of morpholine rings is 1. The molecule has 0 saturated carbocycles. The van der Waals surface area contributed by atoms with Crippen LogP contribution in [0.1, 0.15) is 39.0 Å². The topological polar surface area (TPSA) is 47.4 Å². The fourth-order valence-corrected chi connectivity index (χ4v) is 3.83. The summed E-state index contributed by atoms with van der Waals surface area (Å²) < 4.78 is 7.85. The van der Waals surface area contributed by atoms with Crippen molar-refractivity contribution in [3.63, 3.8) is 0 Å². The summed E-state index contributed by atoms with van der Waals surface area (Å²) in [5, 5.41) is 5.21. The zero-order chi connectivity index (χ0) is 20.4. The fourth-order valence-electron chi connectivity index (χ4n) is 3.71.